The lowest BCUT2D eigenvalue weighted by molar-refractivity contribution is 0.110. The second-order valence-electron chi connectivity index (χ2n) is 3.70. The van der Waals surface area contributed by atoms with E-state index in [0.717, 1.165) is 5.69 Å². The molecule has 10 heteroatoms. The first-order chi connectivity index (χ1) is 9.27. The lowest BCUT2D eigenvalue weighted by Gasteiger charge is -2.06. The van der Waals surface area contributed by atoms with E-state index in [-0.39, 0.29) is 5.82 Å². The second kappa shape index (κ2) is 4.49. The Labute approximate surface area is 106 Å². The van der Waals surface area contributed by atoms with Crippen LogP contribution in [-0.2, 0) is 0 Å². The van der Waals surface area contributed by atoms with Gasteiger partial charge in [-0.15, -0.1) is 10.2 Å². The van der Waals surface area contributed by atoms with Gasteiger partial charge in [-0.05, 0) is 39.9 Å². The molecule has 96 valence electrons. The van der Waals surface area contributed by atoms with Gasteiger partial charge in [-0.2, -0.15) is 9.36 Å². The van der Waals surface area contributed by atoms with E-state index in [2.05, 4.69) is 36.0 Å². The fourth-order valence-electron chi connectivity index (χ4n) is 1.58. The Morgan fingerprint density at radius 3 is 2.47 bits per heavy atom. The van der Waals surface area contributed by atoms with Gasteiger partial charge in [0.1, 0.15) is 6.23 Å². The topological polar surface area (TPSA) is 120 Å². The molecule has 0 bridgehead atoms. The predicted octanol–water partition coefficient (Wildman–Crippen LogP) is -0.778. The summed E-state index contributed by atoms with van der Waals surface area (Å²) in [5.74, 6) is 0.605. The van der Waals surface area contributed by atoms with Crippen molar-refractivity contribution >= 4 is 0 Å². The maximum atomic E-state index is 9.59. The van der Waals surface area contributed by atoms with Crippen molar-refractivity contribution in [2.75, 3.05) is 0 Å². The van der Waals surface area contributed by atoms with Crippen LogP contribution in [0.25, 0.3) is 17.3 Å². The van der Waals surface area contributed by atoms with Crippen LogP contribution in [-0.4, -0.2) is 50.5 Å². The minimum absolute atomic E-state index is 0.275. The molecule has 3 rings (SSSR count). The van der Waals surface area contributed by atoms with Gasteiger partial charge in [-0.3, -0.25) is 4.98 Å². The van der Waals surface area contributed by atoms with Gasteiger partial charge in [0.2, 0.25) is 11.6 Å². The van der Waals surface area contributed by atoms with Gasteiger partial charge in [0, 0.05) is 12.4 Å². The molecule has 0 aliphatic carbocycles. The molecule has 10 nitrogen and oxygen atoms in total. The summed E-state index contributed by atoms with van der Waals surface area (Å²) in [7, 11) is 0. The summed E-state index contributed by atoms with van der Waals surface area (Å²) in [5, 5.41) is 32.0. The molecule has 0 spiro atoms. The second-order valence-corrected chi connectivity index (χ2v) is 3.70. The van der Waals surface area contributed by atoms with Crippen molar-refractivity contribution in [3.8, 4) is 17.3 Å². The lowest BCUT2D eigenvalue weighted by Crippen LogP contribution is -2.10. The first kappa shape index (κ1) is 11.3. The Kier molecular flexibility index (Phi) is 2.68. The van der Waals surface area contributed by atoms with Gasteiger partial charge in [0.05, 0.1) is 5.69 Å². The number of aliphatic hydroxyl groups is 1. The molecule has 3 heterocycles. The standard InChI is InChI=1S/C9H9N9O/c1-6(19)17-8(11-13-15-17)9-12-14-16-18(9)7-2-4-10-5-3-7/h2-6,19H,1H3. The van der Waals surface area contributed by atoms with Crippen molar-refractivity contribution in [1.82, 2.24) is 45.4 Å². The Morgan fingerprint density at radius 2 is 1.74 bits per heavy atom. The summed E-state index contributed by atoms with van der Waals surface area (Å²) in [5.41, 5.74) is 0.718. The highest BCUT2D eigenvalue weighted by atomic mass is 16.3. The molecule has 0 aromatic carbocycles. The summed E-state index contributed by atoms with van der Waals surface area (Å²) in [6.07, 6.45) is 2.37. The third kappa shape index (κ3) is 1.93. The highest BCUT2D eigenvalue weighted by molar-refractivity contribution is 5.46. The van der Waals surface area contributed by atoms with Crippen molar-refractivity contribution in [1.29, 1.82) is 0 Å². The fraction of sp³-hybridized carbons (Fsp3) is 0.222. The van der Waals surface area contributed by atoms with Crippen LogP contribution in [0.15, 0.2) is 24.5 Å². The monoisotopic (exact) mass is 259 g/mol. The third-order valence-electron chi connectivity index (χ3n) is 2.42. The quantitative estimate of drug-likeness (QED) is 0.650. The average Bonchev–Trinajstić information content (AvgIpc) is 3.08. The highest BCUT2D eigenvalue weighted by Gasteiger charge is 2.19. The Balaban J connectivity index is 2.13. The van der Waals surface area contributed by atoms with E-state index in [1.807, 2.05) is 0 Å². The lowest BCUT2D eigenvalue weighted by atomic mass is 10.4. The van der Waals surface area contributed by atoms with Gasteiger partial charge < -0.3 is 5.11 Å². The largest absolute Gasteiger partial charge is 0.372 e. The molecule has 0 saturated carbocycles. The molecule has 1 N–H and O–H groups in total. The summed E-state index contributed by atoms with van der Waals surface area (Å²) < 4.78 is 2.69. The molecule has 3 aromatic rings. The highest BCUT2D eigenvalue weighted by Crippen LogP contribution is 2.17. The molecular weight excluding hydrogens is 250 g/mol. The van der Waals surface area contributed by atoms with E-state index in [4.69, 9.17) is 0 Å². The van der Waals surface area contributed by atoms with Gasteiger partial charge in [0.25, 0.3) is 0 Å². The zero-order chi connectivity index (χ0) is 13.2. The third-order valence-corrected chi connectivity index (χ3v) is 2.42. The van der Waals surface area contributed by atoms with Crippen LogP contribution in [0, 0.1) is 0 Å². The number of tetrazole rings is 2. The van der Waals surface area contributed by atoms with Crippen LogP contribution in [0.2, 0.25) is 0 Å². The van der Waals surface area contributed by atoms with Crippen molar-refractivity contribution in [2.45, 2.75) is 13.2 Å². The number of aromatic nitrogens is 9. The van der Waals surface area contributed by atoms with Gasteiger partial charge in [0.15, 0.2) is 0 Å². The van der Waals surface area contributed by atoms with E-state index < -0.39 is 6.23 Å². The van der Waals surface area contributed by atoms with Crippen LogP contribution in [0.4, 0.5) is 0 Å². The zero-order valence-corrected chi connectivity index (χ0v) is 9.86. The smallest absolute Gasteiger partial charge is 0.226 e. The molecule has 0 radical (unpaired) electrons. The summed E-state index contributed by atoms with van der Waals surface area (Å²) in [4.78, 5) is 3.93. The number of rotatable bonds is 3. The molecule has 0 aliphatic rings. The van der Waals surface area contributed by atoms with E-state index in [9.17, 15) is 5.11 Å². The Hall–Kier alpha value is -2.75. The van der Waals surface area contributed by atoms with E-state index in [1.54, 1.807) is 31.5 Å². The Bertz CT molecular complexity index is 674. The van der Waals surface area contributed by atoms with Crippen molar-refractivity contribution < 1.29 is 5.11 Å². The molecule has 3 aromatic heterocycles. The summed E-state index contributed by atoms with van der Waals surface area (Å²) >= 11 is 0. The number of pyridine rings is 1. The van der Waals surface area contributed by atoms with Crippen molar-refractivity contribution in [3.05, 3.63) is 24.5 Å². The number of nitrogens with zero attached hydrogens (tertiary/aromatic N) is 9. The number of hydrogen-bond donors (Lipinski definition) is 1. The number of aliphatic hydroxyl groups excluding tert-OH is 1. The normalized spacial score (nSPS) is 12.5. The fourth-order valence-corrected chi connectivity index (χ4v) is 1.58. The van der Waals surface area contributed by atoms with E-state index in [0.29, 0.717) is 5.82 Å². The molecule has 0 saturated heterocycles. The minimum atomic E-state index is -0.882. The van der Waals surface area contributed by atoms with Crippen LogP contribution >= 0.6 is 0 Å². The summed E-state index contributed by atoms with van der Waals surface area (Å²) in [6, 6.07) is 3.49. The van der Waals surface area contributed by atoms with Crippen LogP contribution in [0.5, 0.6) is 0 Å². The maximum absolute atomic E-state index is 9.59. The van der Waals surface area contributed by atoms with Crippen molar-refractivity contribution in [3.63, 3.8) is 0 Å². The van der Waals surface area contributed by atoms with E-state index >= 15 is 0 Å². The van der Waals surface area contributed by atoms with E-state index in [1.165, 1.54) is 9.36 Å². The molecule has 0 amide bonds. The zero-order valence-electron chi connectivity index (χ0n) is 9.86. The minimum Gasteiger partial charge on any atom is -0.372 e. The van der Waals surface area contributed by atoms with Crippen LogP contribution in [0.1, 0.15) is 13.2 Å². The Morgan fingerprint density at radius 1 is 1.05 bits per heavy atom. The molecular formula is C9H9N9O. The molecule has 1 atom stereocenters. The maximum Gasteiger partial charge on any atom is 0.226 e. The molecule has 0 fully saturated rings. The number of hydrogen-bond acceptors (Lipinski definition) is 8. The first-order valence-corrected chi connectivity index (χ1v) is 5.42. The molecule has 19 heavy (non-hydrogen) atoms. The van der Waals surface area contributed by atoms with Gasteiger partial charge >= 0.3 is 0 Å². The van der Waals surface area contributed by atoms with Crippen LogP contribution < -0.4 is 0 Å². The van der Waals surface area contributed by atoms with Gasteiger partial charge in [-0.1, -0.05) is 0 Å². The van der Waals surface area contributed by atoms with Crippen LogP contribution in [0.3, 0.4) is 0 Å². The first-order valence-electron chi connectivity index (χ1n) is 5.42. The van der Waals surface area contributed by atoms with Gasteiger partial charge in [-0.25, -0.2) is 0 Å². The molecule has 1 unspecified atom stereocenters. The SMILES string of the molecule is CC(O)n1nnnc1-c1nnnn1-c1ccncc1. The van der Waals surface area contributed by atoms with Crippen molar-refractivity contribution in [2.24, 2.45) is 0 Å². The predicted molar refractivity (Wildman–Crippen MR) is 60.7 cm³/mol. The summed E-state index contributed by atoms with van der Waals surface area (Å²) in [6.45, 7) is 1.54. The molecule has 0 aliphatic heterocycles. The average molecular weight is 259 g/mol.